The van der Waals surface area contributed by atoms with Gasteiger partial charge in [0.1, 0.15) is 0 Å². The van der Waals surface area contributed by atoms with Crippen LogP contribution in [0.2, 0.25) is 0 Å². The van der Waals surface area contributed by atoms with Crippen molar-refractivity contribution in [1.82, 2.24) is 0 Å². The lowest BCUT2D eigenvalue weighted by Crippen LogP contribution is -1.85. The fraction of sp³-hybridized carbons (Fsp3) is 0.212. The van der Waals surface area contributed by atoms with Crippen LogP contribution in [0.25, 0.3) is 69.9 Å². The Morgan fingerprint density at radius 1 is 0.514 bits per heavy atom. The van der Waals surface area contributed by atoms with Crippen LogP contribution in [0.1, 0.15) is 43.7 Å². The molecule has 37 heavy (non-hydrogen) atoms. The minimum absolute atomic E-state index is 1.20. The first-order chi connectivity index (χ1) is 18.2. The molecule has 0 unspecified atom stereocenters. The van der Waals surface area contributed by atoms with Gasteiger partial charge >= 0.3 is 0 Å². The zero-order valence-electron chi connectivity index (χ0n) is 20.9. The molecule has 4 aromatic carbocycles. The van der Waals surface area contributed by atoms with Gasteiger partial charge in [0.25, 0.3) is 0 Å². The second-order valence-electron chi connectivity index (χ2n) is 10.4. The molecule has 0 saturated carbocycles. The third-order valence-corrected chi connectivity index (χ3v) is 12.8. The first-order valence-electron chi connectivity index (χ1n) is 13.2. The number of aryl methyl sites for hydroxylation is 2. The normalized spacial score (nSPS) is 12.6. The van der Waals surface area contributed by atoms with Gasteiger partial charge in [-0.05, 0) is 84.6 Å². The van der Waals surface area contributed by atoms with E-state index >= 15 is 0 Å². The van der Waals surface area contributed by atoms with Crippen LogP contribution in [-0.4, -0.2) is 0 Å². The Hall–Kier alpha value is -2.50. The first kappa shape index (κ1) is 22.5. The predicted octanol–water partition coefficient (Wildman–Crippen LogP) is 12.4. The number of rotatable bonds is 5. The van der Waals surface area contributed by atoms with Gasteiger partial charge < -0.3 is 0 Å². The summed E-state index contributed by atoms with van der Waals surface area (Å²) in [6.07, 6.45) is 6.49. The van der Waals surface area contributed by atoms with E-state index in [1.807, 2.05) is 45.3 Å². The zero-order chi connectivity index (χ0) is 24.7. The number of hydrogen-bond donors (Lipinski definition) is 0. The largest absolute Gasteiger partial charge is 0.134 e. The van der Waals surface area contributed by atoms with E-state index < -0.39 is 0 Å². The summed E-state index contributed by atoms with van der Waals surface area (Å²) >= 11 is 7.87. The molecule has 4 heterocycles. The lowest BCUT2D eigenvalue weighted by molar-refractivity contribution is 0.667. The topological polar surface area (TPSA) is 0 Å². The molecule has 0 amide bonds. The minimum Gasteiger partial charge on any atom is -0.134 e. The van der Waals surface area contributed by atoms with Crippen LogP contribution in [0, 0.1) is 6.92 Å². The average Bonchev–Trinajstić information content (AvgIpc) is 3.62. The number of fused-ring (bicyclic) bond motifs is 11. The summed E-state index contributed by atoms with van der Waals surface area (Å²) in [7, 11) is 0. The number of unbranched alkanes of at least 4 members (excludes halogenated alkanes) is 3. The van der Waals surface area contributed by atoms with E-state index in [-0.39, 0.29) is 0 Å². The monoisotopic (exact) mass is 550 g/mol. The summed E-state index contributed by atoms with van der Waals surface area (Å²) in [5.74, 6) is 0. The summed E-state index contributed by atoms with van der Waals surface area (Å²) in [6, 6.07) is 23.9. The number of hydrogen-bond acceptors (Lipinski definition) is 4. The Morgan fingerprint density at radius 3 is 1.68 bits per heavy atom. The molecule has 0 fully saturated rings. The van der Waals surface area contributed by atoms with E-state index in [2.05, 4.69) is 74.5 Å². The molecule has 182 valence electrons. The Labute approximate surface area is 231 Å². The van der Waals surface area contributed by atoms with Crippen molar-refractivity contribution in [1.29, 1.82) is 0 Å². The van der Waals surface area contributed by atoms with E-state index in [1.165, 1.54) is 113 Å². The van der Waals surface area contributed by atoms with E-state index in [1.54, 1.807) is 0 Å². The standard InChI is InChI=1S/C33H26S4/c1-3-4-5-6-7-19-9-11-27-23(13-19)31-33(35-27)25-15-21-16-28-24(14-20(21)17-29(25)37-31)32-30(36-28)22-12-18(2)8-10-26(22)34-32/h8-17H,3-7H2,1-2H3. The molecule has 0 N–H and O–H groups in total. The third kappa shape index (κ3) is 3.50. The number of benzene rings is 4. The highest BCUT2D eigenvalue weighted by atomic mass is 32.1. The Kier molecular flexibility index (Phi) is 5.17. The average molecular weight is 551 g/mol. The Morgan fingerprint density at radius 2 is 1.05 bits per heavy atom. The van der Waals surface area contributed by atoms with E-state index in [0.29, 0.717) is 0 Å². The molecule has 0 aliphatic rings. The SMILES string of the molecule is CCCCCCc1ccc2sc3c4cc5cc6sc7c8cc(C)ccc8sc7c6cc5cc4sc3c2c1. The molecule has 0 aliphatic heterocycles. The maximum Gasteiger partial charge on any atom is 0.0542 e. The van der Waals surface area contributed by atoms with Gasteiger partial charge in [0.15, 0.2) is 0 Å². The van der Waals surface area contributed by atoms with Crippen molar-refractivity contribution in [3.63, 3.8) is 0 Å². The molecule has 0 nitrogen and oxygen atoms in total. The summed E-state index contributed by atoms with van der Waals surface area (Å²) < 4.78 is 11.5. The molecule has 0 atom stereocenters. The quantitative estimate of drug-likeness (QED) is 0.187. The Balaban J connectivity index is 1.29. The van der Waals surface area contributed by atoms with Crippen molar-refractivity contribution in [3.8, 4) is 0 Å². The molecule has 4 aromatic heterocycles. The zero-order valence-corrected chi connectivity index (χ0v) is 24.2. The van der Waals surface area contributed by atoms with Gasteiger partial charge in [0.2, 0.25) is 0 Å². The van der Waals surface area contributed by atoms with Crippen LogP contribution in [0.15, 0.2) is 60.7 Å². The maximum absolute atomic E-state index is 2.48. The molecule has 0 saturated heterocycles. The van der Waals surface area contributed by atoms with Crippen molar-refractivity contribution in [3.05, 3.63) is 71.8 Å². The van der Waals surface area contributed by atoms with Crippen molar-refractivity contribution < 1.29 is 0 Å². The van der Waals surface area contributed by atoms with Crippen LogP contribution in [0.5, 0.6) is 0 Å². The Bertz CT molecular complexity index is 2140. The first-order valence-corrected chi connectivity index (χ1v) is 16.5. The highest BCUT2D eigenvalue weighted by Gasteiger charge is 2.16. The van der Waals surface area contributed by atoms with E-state index in [4.69, 9.17) is 0 Å². The van der Waals surface area contributed by atoms with Crippen molar-refractivity contribution in [2.45, 2.75) is 46.0 Å². The molecule has 0 spiro atoms. The van der Waals surface area contributed by atoms with Gasteiger partial charge in [-0.3, -0.25) is 0 Å². The predicted molar refractivity (Wildman–Crippen MR) is 173 cm³/mol. The lowest BCUT2D eigenvalue weighted by Gasteiger charge is -2.02. The molecule has 8 aromatic rings. The molecular formula is C33H26S4. The van der Waals surface area contributed by atoms with Crippen LogP contribution in [-0.2, 0) is 6.42 Å². The molecule has 0 bridgehead atoms. The summed E-state index contributed by atoms with van der Waals surface area (Å²) in [4.78, 5) is 0. The van der Waals surface area contributed by atoms with Gasteiger partial charge in [-0.25, -0.2) is 0 Å². The molecule has 0 radical (unpaired) electrons. The minimum atomic E-state index is 1.20. The third-order valence-electron chi connectivity index (χ3n) is 7.77. The highest BCUT2D eigenvalue weighted by Crippen LogP contribution is 2.48. The second kappa shape index (κ2) is 8.51. The summed E-state index contributed by atoms with van der Waals surface area (Å²) in [6.45, 7) is 4.48. The smallest absolute Gasteiger partial charge is 0.0542 e. The molecule has 4 heteroatoms. The highest BCUT2D eigenvalue weighted by molar-refractivity contribution is 7.37. The fourth-order valence-electron chi connectivity index (χ4n) is 5.83. The van der Waals surface area contributed by atoms with Crippen molar-refractivity contribution >= 4 is 115 Å². The summed E-state index contributed by atoms with van der Waals surface area (Å²) in [5, 5.41) is 8.45. The van der Waals surface area contributed by atoms with Crippen molar-refractivity contribution in [2.24, 2.45) is 0 Å². The second-order valence-corrected chi connectivity index (χ2v) is 14.6. The molecular weight excluding hydrogens is 525 g/mol. The van der Waals surface area contributed by atoms with Crippen LogP contribution in [0.3, 0.4) is 0 Å². The van der Waals surface area contributed by atoms with Gasteiger partial charge in [0, 0.05) is 40.3 Å². The fourth-order valence-corrected chi connectivity index (χ4v) is 11.1. The molecule has 8 rings (SSSR count). The van der Waals surface area contributed by atoms with Gasteiger partial charge in [0.05, 0.1) is 18.8 Å². The van der Waals surface area contributed by atoms with E-state index in [0.717, 1.165) is 0 Å². The van der Waals surface area contributed by atoms with Gasteiger partial charge in [-0.1, -0.05) is 43.9 Å². The van der Waals surface area contributed by atoms with Crippen LogP contribution >= 0.6 is 45.3 Å². The summed E-state index contributed by atoms with van der Waals surface area (Å²) in [5.41, 5.74) is 2.83. The van der Waals surface area contributed by atoms with Crippen LogP contribution < -0.4 is 0 Å². The van der Waals surface area contributed by atoms with E-state index in [9.17, 15) is 0 Å². The lowest BCUT2D eigenvalue weighted by atomic mass is 10.0. The van der Waals surface area contributed by atoms with Crippen LogP contribution in [0.4, 0.5) is 0 Å². The van der Waals surface area contributed by atoms with Crippen molar-refractivity contribution in [2.75, 3.05) is 0 Å². The maximum atomic E-state index is 2.48. The molecule has 0 aliphatic carbocycles. The van der Waals surface area contributed by atoms with Gasteiger partial charge in [-0.15, -0.1) is 45.3 Å². The number of thiophene rings is 4. The van der Waals surface area contributed by atoms with Gasteiger partial charge in [-0.2, -0.15) is 0 Å².